The number of hydrogen-bond acceptors (Lipinski definition) is 17. The van der Waals surface area contributed by atoms with E-state index in [4.69, 9.17) is 64.2 Å². The third-order valence-corrected chi connectivity index (χ3v) is 18.2. The number of fused-ring (bicyclic) bond motifs is 3. The number of carboxylic acids is 1. The first-order valence-corrected chi connectivity index (χ1v) is 34.4. The van der Waals surface area contributed by atoms with Gasteiger partial charge in [-0.25, -0.2) is 13.2 Å². The number of carboxylic acid groups (broad SMARTS) is 1. The van der Waals surface area contributed by atoms with Gasteiger partial charge in [0.15, 0.2) is 0 Å². The molecule has 12 rings (SSSR count). The smallest absolute Gasteiger partial charge is 0.870 e. The fraction of sp³-hybridized carbons (Fsp3) is 0.241. The van der Waals surface area contributed by atoms with Gasteiger partial charge < -0.3 is 74.8 Å². The topological polar surface area (TPSA) is 306 Å². The van der Waals surface area contributed by atoms with Crippen molar-refractivity contribution in [2.45, 2.75) is 122 Å². The molecule has 0 radical (unpaired) electrons. The zero-order valence-electron chi connectivity index (χ0n) is 60.9. The van der Waals surface area contributed by atoms with E-state index in [1.165, 1.54) is 18.2 Å². The molecule has 25 heteroatoms. The SMILES string of the molecule is C.CCOC(=O)Cc1ccc(C)c(C)c1OCc1cc(-c2cccc(CN)c2F)c2occc2c1.CCOC(=O)Cc1ccc(C)c(C)c1OCc1cc(Br)c2occc2c1.Cc1ccc(CC(=O)O)c(OCc2cc(-c3cccc(CN)c3F)c3occc3c2)c1C.Cl.NCc1cccc(B(O)O)c1F.[Li+].[OH-]. The maximum Gasteiger partial charge on any atom is 1.00 e. The van der Waals surface area contributed by atoms with Crippen molar-refractivity contribution in [2.75, 3.05) is 13.2 Å². The van der Waals surface area contributed by atoms with E-state index < -0.39 is 18.9 Å². The van der Waals surface area contributed by atoms with Crippen molar-refractivity contribution in [3.8, 4) is 39.5 Å². The van der Waals surface area contributed by atoms with E-state index in [0.29, 0.717) is 81.4 Å². The molecule has 0 amide bonds. The van der Waals surface area contributed by atoms with Gasteiger partial charge in [0, 0.05) is 96.9 Å². The van der Waals surface area contributed by atoms with Crippen molar-refractivity contribution in [3.05, 3.63) is 270 Å². The van der Waals surface area contributed by atoms with E-state index in [2.05, 4.69) is 15.9 Å². The van der Waals surface area contributed by atoms with Crippen LogP contribution in [0.4, 0.5) is 13.2 Å². The van der Waals surface area contributed by atoms with Gasteiger partial charge in [-0.2, -0.15) is 0 Å². The average molecular weight is 1560 g/mol. The molecule has 0 unspecified atom stereocenters. The summed E-state index contributed by atoms with van der Waals surface area (Å²) >= 11 is 3.53. The van der Waals surface area contributed by atoms with Crippen LogP contribution in [0.15, 0.2) is 182 Å². The minimum Gasteiger partial charge on any atom is -0.870 e. The molecule has 10 N–H and O–H groups in total. The van der Waals surface area contributed by atoms with Gasteiger partial charge in [-0.1, -0.05) is 98.4 Å². The molecule has 3 aromatic heterocycles. The van der Waals surface area contributed by atoms with Crippen LogP contribution in [0.5, 0.6) is 17.2 Å². The molecule has 9 aromatic carbocycles. The quantitative estimate of drug-likeness (QED) is 0.0256. The van der Waals surface area contributed by atoms with Crippen LogP contribution in [-0.2, 0) is 82.6 Å². The van der Waals surface area contributed by atoms with Gasteiger partial charge in [0.25, 0.3) is 0 Å². The zero-order valence-corrected chi connectivity index (χ0v) is 63.3. The summed E-state index contributed by atoms with van der Waals surface area (Å²) in [4.78, 5) is 35.3. The Labute approximate surface area is 652 Å². The number of furan rings is 3. The van der Waals surface area contributed by atoms with Gasteiger partial charge >= 0.3 is 43.9 Å². The average Bonchev–Trinajstić information content (AvgIpc) is 1.51. The van der Waals surface area contributed by atoms with Crippen LogP contribution in [0.3, 0.4) is 0 Å². The van der Waals surface area contributed by atoms with Crippen LogP contribution in [0.2, 0.25) is 0 Å². The van der Waals surface area contributed by atoms with E-state index in [1.807, 2.05) is 126 Å². The largest absolute Gasteiger partial charge is 1.00 e. The summed E-state index contributed by atoms with van der Waals surface area (Å²) in [7, 11) is -1.78. The minimum atomic E-state index is -1.78. The Balaban J connectivity index is 0.000000266. The Hall–Kier alpha value is -9.61. The molecule has 18 nitrogen and oxygen atoms in total. The number of nitrogens with two attached hydrogens (primary N) is 3. The normalized spacial score (nSPS) is 10.5. The van der Waals surface area contributed by atoms with Crippen LogP contribution in [0, 0.1) is 59.0 Å². The number of rotatable bonds is 23. The number of esters is 2. The monoisotopic (exact) mass is 1560 g/mol. The van der Waals surface area contributed by atoms with Gasteiger partial charge in [0.05, 0.1) is 55.7 Å². The number of aryl methyl sites for hydroxylation is 3. The fourth-order valence-electron chi connectivity index (χ4n) is 11.8. The van der Waals surface area contributed by atoms with Crippen LogP contribution in [0.1, 0.15) is 105 Å². The van der Waals surface area contributed by atoms with Crippen molar-refractivity contribution in [2.24, 2.45) is 17.2 Å². The number of aliphatic carboxylic acids is 1. The molecule has 0 saturated carbocycles. The Morgan fingerprint density at radius 1 is 0.463 bits per heavy atom. The number of ether oxygens (including phenoxy) is 5. The summed E-state index contributed by atoms with van der Waals surface area (Å²) in [6, 6.07) is 43.4. The summed E-state index contributed by atoms with van der Waals surface area (Å²) in [5, 5.41) is 29.3. The molecule has 0 aliphatic rings. The van der Waals surface area contributed by atoms with Gasteiger partial charge in [0.1, 0.15) is 71.3 Å². The molecule has 0 aliphatic carbocycles. The van der Waals surface area contributed by atoms with Crippen LogP contribution >= 0.6 is 28.3 Å². The summed E-state index contributed by atoms with van der Waals surface area (Å²) < 4.78 is 89.6. The van der Waals surface area contributed by atoms with Crippen molar-refractivity contribution in [3.63, 3.8) is 0 Å². The molecule has 0 bridgehead atoms. The molecule has 564 valence electrons. The van der Waals surface area contributed by atoms with E-state index >= 15 is 8.78 Å². The predicted octanol–water partition coefficient (Wildman–Crippen LogP) is 13.9. The number of hydrogen-bond donors (Lipinski definition) is 6. The number of carbonyl (C=O) groups excluding carboxylic acids is 2. The summed E-state index contributed by atoms with van der Waals surface area (Å²) in [5.41, 5.74) is 32.7. The predicted molar refractivity (Wildman–Crippen MR) is 416 cm³/mol. The molecule has 3 heterocycles. The second-order valence-corrected chi connectivity index (χ2v) is 25.5. The zero-order chi connectivity index (χ0) is 74.9. The first kappa shape index (κ1) is 89.0. The summed E-state index contributed by atoms with van der Waals surface area (Å²) in [6.07, 6.45) is 5.04. The van der Waals surface area contributed by atoms with E-state index in [-0.39, 0.29) is 131 Å². The van der Waals surface area contributed by atoms with Gasteiger partial charge in [0.2, 0.25) is 0 Å². The van der Waals surface area contributed by atoms with Crippen LogP contribution < -0.4 is 55.7 Å². The molecule has 12 aromatic rings. The minimum absolute atomic E-state index is 0. The number of benzene rings is 9. The third kappa shape index (κ3) is 21.8. The van der Waals surface area contributed by atoms with Gasteiger partial charge in [-0.15, -0.1) is 12.4 Å². The Morgan fingerprint density at radius 3 is 1.17 bits per heavy atom. The van der Waals surface area contributed by atoms with E-state index in [0.717, 1.165) is 93.2 Å². The first-order chi connectivity index (χ1) is 50.0. The molecular formula is C83H88BBrClF3LiN3O15. The van der Waals surface area contributed by atoms with Crippen molar-refractivity contribution < 1.29 is 104 Å². The summed E-state index contributed by atoms with van der Waals surface area (Å²) in [5.74, 6) is -0.852. The maximum absolute atomic E-state index is 15.1. The Kier molecular flexibility index (Phi) is 34.3. The number of carbonyl (C=O) groups is 3. The third-order valence-electron chi connectivity index (χ3n) is 17.6. The maximum atomic E-state index is 15.1. The molecule has 0 spiro atoms. The molecule has 0 saturated heterocycles. The second kappa shape index (κ2) is 41.7. The molecule has 0 atom stereocenters. The Morgan fingerprint density at radius 2 is 0.806 bits per heavy atom. The molecular weight excluding hydrogens is 1470 g/mol. The second-order valence-electron chi connectivity index (χ2n) is 24.6. The van der Waals surface area contributed by atoms with E-state index in [9.17, 15) is 23.9 Å². The first-order valence-electron chi connectivity index (χ1n) is 33.6. The summed E-state index contributed by atoms with van der Waals surface area (Å²) in [6.45, 7) is 17.3. The fourth-order valence-corrected chi connectivity index (χ4v) is 12.4. The van der Waals surface area contributed by atoms with Crippen LogP contribution in [-0.4, -0.2) is 58.9 Å². The standard InChI is InChI=1S/C28H28FNO4.C26H24FNO4.C21H21BrO4.C7H9BFNO2.CH4.ClH.Li.H2O/c1-4-32-25(31)14-20-9-8-17(2)18(3)27(20)34-16-19-12-21-10-11-33-28(21)24(13-19)23-7-5-6-22(15-30)26(23)29;1-15-6-7-18(12-23(29)30)25(16(15)2)32-14-17-10-19-8-9-31-26(19)22(11-17)21-5-3-4-20(13-28)24(21)27;1-4-24-19(23)11-16-6-5-13(2)14(3)20(16)26-12-15-9-17-7-8-25-21(17)18(22)10-15;9-7-5(4-10)2-1-3-6(7)8(11)12;;;;/h5-13H,4,14-16,30H2,1-3H3;3-11H,12-14,28H2,1-2H3,(H,29,30);5-10H,4,11-12H2,1-3H3;1-3,11-12H,4,10H2;1H4;1H;;1H2/q;;;;;;+1;/p-1. The van der Waals surface area contributed by atoms with Crippen molar-refractivity contribution in [1.29, 1.82) is 0 Å². The molecule has 0 fully saturated rings. The molecule has 0 aliphatic heterocycles. The number of halogens is 5. The van der Waals surface area contributed by atoms with Gasteiger partial charge in [-0.05, 0) is 176 Å². The van der Waals surface area contributed by atoms with Crippen molar-refractivity contribution >= 4 is 91.7 Å². The van der Waals surface area contributed by atoms with Gasteiger partial charge in [-0.3, -0.25) is 14.4 Å². The van der Waals surface area contributed by atoms with Crippen molar-refractivity contribution in [1.82, 2.24) is 0 Å². The van der Waals surface area contributed by atoms with E-state index in [1.54, 1.807) is 75.1 Å². The Bertz CT molecular complexity index is 5070. The molecule has 108 heavy (non-hydrogen) atoms. The van der Waals surface area contributed by atoms with Crippen LogP contribution in [0.25, 0.3) is 55.2 Å².